The first-order valence-electron chi connectivity index (χ1n) is 8.85. The number of aliphatic hydroxyl groups excluding tert-OH is 1. The van der Waals surface area contributed by atoms with Gasteiger partial charge in [-0.05, 0) is 32.1 Å². The summed E-state index contributed by atoms with van der Waals surface area (Å²) in [5.74, 6) is 0.479. The molecule has 2 rings (SSSR count). The van der Waals surface area contributed by atoms with Gasteiger partial charge in [-0.15, -0.1) is 0 Å². The predicted octanol–water partition coefficient (Wildman–Crippen LogP) is 2.31. The molecule has 0 bridgehead atoms. The van der Waals surface area contributed by atoms with Crippen molar-refractivity contribution in [1.82, 2.24) is 10.2 Å². The number of carbonyl (C=O) groups excluding carboxylic acids is 1. The first kappa shape index (κ1) is 16.8. The molecule has 1 amide bonds. The third-order valence-electron chi connectivity index (χ3n) is 5.09. The summed E-state index contributed by atoms with van der Waals surface area (Å²) in [6.45, 7) is 5.63. The van der Waals surface area contributed by atoms with Gasteiger partial charge < -0.3 is 15.3 Å². The second-order valence-corrected chi connectivity index (χ2v) is 6.87. The van der Waals surface area contributed by atoms with Gasteiger partial charge in [0.25, 0.3) is 0 Å². The number of hydrogen-bond donors (Lipinski definition) is 2. The molecule has 1 saturated heterocycles. The highest BCUT2D eigenvalue weighted by Gasteiger charge is 2.33. The molecule has 2 fully saturated rings. The lowest BCUT2D eigenvalue weighted by Gasteiger charge is -2.41. The molecular weight excluding hydrogens is 264 g/mol. The zero-order chi connectivity index (χ0) is 15.2. The summed E-state index contributed by atoms with van der Waals surface area (Å²) in [5.41, 5.74) is 0. The van der Waals surface area contributed by atoms with Crippen molar-refractivity contribution in [3.63, 3.8) is 0 Å². The van der Waals surface area contributed by atoms with Crippen LogP contribution in [0.4, 0.5) is 0 Å². The number of amides is 1. The van der Waals surface area contributed by atoms with Gasteiger partial charge in [-0.3, -0.25) is 4.79 Å². The van der Waals surface area contributed by atoms with E-state index in [1.54, 1.807) is 0 Å². The molecule has 2 N–H and O–H groups in total. The van der Waals surface area contributed by atoms with Crippen LogP contribution in [-0.2, 0) is 4.79 Å². The van der Waals surface area contributed by atoms with Crippen molar-refractivity contribution in [1.29, 1.82) is 0 Å². The van der Waals surface area contributed by atoms with Gasteiger partial charge in [0.1, 0.15) is 0 Å². The van der Waals surface area contributed by atoms with Crippen LogP contribution in [0.5, 0.6) is 0 Å². The molecule has 0 aromatic rings. The minimum Gasteiger partial charge on any atom is -0.393 e. The Hall–Kier alpha value is -0.610. The van der Waals surface area contributed by atoms with Crippen LogP contribution in [-0.4, -0.2) is 47.2 Å². The lowest BCUT2D eigenvalue weighted by atomic mass is 9.87. The predicted molar refractivity (Wildman–Crippen MR) is 85.1 cm³/mol. The van der Waals surface area contributed by atoms with Crippen molar-refractivity contribution < 1.29 is 9.90 Å². The second-order valence-electron chi connectivity index (χ2n) is 6.87. The molecule has 4 heteroatoms. The van der Waals surface area contributed by atoms with Gasteiger partial charge in [-0.1, -0.05) is 26.7 Å². The van der Waals surface area contributed by atoms with E-state index in [9.17, 15) is 9.90 Å². The molecule has 122 valence electrons. The lowest BCUT2D eigenvalue weighted by molar-refractivity contribution is -0.134. The van der Waals surface area contributed by atoms with Crippen molar-refractivity contribution >= 4 is 5.91 Å². The van der Waals surface area contributed by atoms with E-state index in [-0.39, 0.29) is 17.9 Å². The summed E-state index contributed by atoms with van der Waals surface area (Å²) >= 11 is 0. The Morgan fingerprint density at radius 3 is 2.57 bits per heavy atom. The maximum atomic E-state index is 12.3. The van der Waals surface area contributed by atoms with Crippen LogP contribution in [0.3, 0.4) is 0 Å². The zero-order valence-corrected chi connectivity index (χ0v) is 13.7. The van der Waals surface area contributed by atoms with Crippen molar-refractivity contribution in [2.45, 2.75) is 83.4 Å². The first-order chi connectivity index (χ1) is 10.1. The Balaban J connectivity index is 1.96. The van der Waals surface area contributed by atoms with E-state index in [2.05, 4.69) is 12.2 Å². The summed E-state index contributed by atoms with van der Waals surface area (Å²) in [4.78, 5) is 14.2. The topological polar surface area (TPSA) is 52.6 Å². The van der Waals surface area contributed by atoms with Crippen LogP contribution in [0.1, 0.15) is 65.2 Å². The van der Waals surface area contributed by atoms with Gasteiger partial charge in [0.15, 0.2) is 0 Å². The van der Waals surface area contributed by atoms with Gasteiger partial charge in [0, 0.05) is 37.5 Å². The average molecular weight is 296 g/mol. The van der Waals surface area contributed by atoms with Gasteiger partial charge in [0.2, 0.25) is 5.91 Å². The lowest BCUT2D eigenvalue weighted by Crippen LogP contribution is -2.55. The molecule has 0 aromatic carbocycles. The van der Waals surface area contributed by atoms with Crippen molar-refractivity contribution in [2.24, 2.45) is 5.92 Å². The maximum absolute atomic E-state index is 12.3. The molecule has 3 atom stereocenters. The maximum Gasteiger partial charge on any atom is 0.222 e. The summed E-state index contributed by atoms with van der Waals surface area (Å²) < 4.78 is 0. The van der Waals surface area contributed by atoms with Crippen LogP contribution in [0.2, 0.25) is 0 Å². The fourth-order valence-electron chi connectivity index (χ4n) is 3.87. The molecule has 21 heavy (non-hydrogen) atoms. The molecule has 4 nitrogen and oxygen atoms in total. The highest BCUT2D eigenvalue weighted by molar-refractivity contribution is 5.76. The van der Waals surface area contributed by atoms with Gasteiger partial charge >= 0.3 is 0 Å². The Bertz CT molecular complexity index is 329. The van der Waals surface area contributed by atoms with Gasteiger partial charge in [-0.25, -0.2) is 0 Å². The summed E-state index contributed by atoms with van der Waals surface area (Å²) in [6, 6.07) is 0.976. The van der Waals surface area contributed by atoms with E-state index < -0.39 is 0 Å². The summed E-state index contributed by atoms with van der Waals surface area (Å²) in [5, 5.41) is 14.0. The minimum absolute atomic E-state index is 0.225. The zero-order valence-electron chi connectivity index (χ0n) is 13.7. The molecule has 2 aliphatic rings. The molecule has 3 unspecified atom stereocenters. The highest BCUT2D eigenvalue weighted by Crippen LogP contribution is 2.25. The van der Waals surface area contributed by atoms with Gasteiger partial charge in [0.05, 0.1) is 6.10 Å². The number of carbonyl (C=O) groups is 1. The molecule has 0 radical (unpaired) electrons. The smallest absolute Gasteiger partial charge is 0.222 e. The SMILES string of the molecule is CCCC(=O)N1CC(NC2CCCC2)CC(C(O)CC)C1. The standard InChI is InChI=1S/C17H32N2O2/c1-3-7-17(21)19-11-13(16(20)4-2)10-15(12-19)18-14-8-5-6-9-14/h13-16,18,20H,3-12H2,1-2H3. The molecule has 1 aliphatic carbocycles. The van der Waals surface area contributed by atoms with Crippen molar-refractivity contribution in [3.8, 4) is 0 Å². The van der Waals surface area contributed by atoms with E-state index in [1.807, 2.05) is 11.8 Å². The van der Waals surface area contributed by atoms with Crippen LogP contribution < -0.4 is 5.32 Å². The van der Waals surface area contributed by atoms with Crippen LogP contribution in [0.15, 0.2) is 0 Å². The normalized spacial score (nSPS) is 28.8. The molecule has 0 spiro atoms. The quantitative estimate of drug-likeness (QED) is 0.791. The van der Waals surface area contributed by atoms with Crippen molar-refractivity contribution in [2.75, 3.05) is 13.1 Å². The Morgan fingerprint density at radius 2 is 1.95 bits per heavy atom. The molecule has 1 aliphatic heterocycles. The monoisotopic (exact) mass is 296 g/mol. The van der Waals surface area contributed by atoms with E-state index in [1.165, 1.54) is 25.7 Å². The third kappa shape index (κ3) is 4.68. The van der Waals surface area contributed by atoms with Crippen LogP contribution in [0, 0.1) is 5.92 Å². The Labute approximate surface area is 129 Å². The number of rotatable bonds is 6. The molecule has 1 saturated carbocycles. The Kier molecular flexibility index (Phi) is 6.49. The summed E-state index contributed by atoms with van der Waals surface area (Å²) in [6.07, 6.45) is 8.20. The fourth-order valence-corrected chi connectivity index (χ4v) is 3.87. The number of aliphatic hydroxyl groups is 1. The van der Waals surface area contributed by atoms with E-state index >= 15 is 0 Å². The Morgan fingerprint density at radius 1 is 1.24 bits per heavy atom. The van der Waals surface area contributed by atoms with Gasteiger partial charge in [-0.2, -0.15) is 0 Å². The number of piperidine rings is 1. The number of likely N-dealkylation sites (tertiary alicyclic amines) is 1. The minimum atomic E-state index is -0.282. The molecule has 1 heterocycles. The third-order valence-corrected chi connectivity index (χ3v) is 5.09. The van der Waals surface area contributed by atoms with E-state index in [0.29, 0.717) is 18.5 Å². The van der Waals surface area contributed by atoms with Crippen LogP contribution >= 0.6 is 0 Å². The average Bonchev–Trinajstić information content (AvgIpc) is 2.99. The first-order valence-corrected chi connectivity index (χ1v) is 8.85. The number of nitrogens with one attached hydrogen (secondary N) is 1. The summed E-state index contributed by atoms with van der Waals surface area (Å²) in [7, 11) is 0. The second kappa shape index (κ2) is 8.14. The molecule has 0 aromatic heterocycles. The fraction of sp³-hybridized carbons (Fsp3) is 0.941. The van der Waals surface area contributed by atoms with E-state index in [4.69, 9.17) is 0 Å². The highest BCUT2D eigenvalue weighted by atomic mass is 16.3. The number of hydrogen-bond acceptors (Lipinski definition) is 3. The van der Waals surface area contributed by atoms with Crippen LogP contribution in [0.25, 0.3) is 0 Å². The van der Waals surface area contributed by atoms with E-state index in [0.717, 1.165) is 32.4 Å². The van der Waals surface area contributed by atoms with Crippen molar-refractivity contribution in [3.05, 3.63) is 0 Å². The largest absolute Gasteiger partial charge is 0.393 e. The molecular formula is C17H32N2O2. The number of nitrogens with zero attached hydrogens (tertiary/aromatic N) is 1.